The number of nitrogens with one attached hydrogen (secondary N) is 3. The standard InChI is InChI=1S/C24H28Cl2FN7O2/c25-18-4-1-5-20(21(18)26)31-24(36)33-23-30-13-17(22(35)32-23)15-6-7-16(19(27)12-15)14-34(10-2-8-28)11-3-9-29/h1,4-7,12-13H,2-3,8-11,14,28-29H2,(H3,30,31,32,33,35,36). The Bertz CT molecular complexity index is 1250. The van der Waals surface area contributed by atoms with Gasteiger partial charge in [0, 0.05) is 18.3 Å². The fraction of sp³-hybridized carbons (Fsp3) is 0.292. The van der Waals surface area contributed by atoms with Crippen LogP contribution in [0.4, 0.5) is 20.8 Å². The van der Waals surface area contributed by atoms with Crippen LogP contribution in [0.5, 0.6) is 0 Å². The summed E-state index contributed by atoms with van der Waals surface area (Å²) in [5.41, 5.74) is 12.0. The number of hydrogen-bond acceptors (Lipinski definition) is 6. The lowest BCUT2D eigenvalue weighted by atomic mass is 10.1. The van der Waals surface area contributed by atoms with E-state index in [1.165, 1.54) is 12.3 Å². The van der Waals surface area contributed by atoms with Crippen LogP contribution in [0, 0.1) is 5.82 Å². The predicted molar refractivity (Wildman–Crippen MR) is 142 cm³/mol. The molecule has 0 radical (unpaired) electrons. The average Bonchev–Trinajstić information content (AvgIpc) is 2.85. The molecule has 0 saturated heterocycles. The third-order valence-corrected chi connectivity index (χ3v) is 6.16. The normalized spacial score (nSPS) is 11.1. The topological polar surface area (TPSA) is 142 Å². The molecule has 0 aliphatic rings. The van der Waals surface area contributed by atoms with Crippen molar-refractivity contribution in [1.82, 2.24) is 14.9 Å². The smallest absolute Gasteiger partial charge is 0.326 e. The highest BCUT2D eigenvalue weighted by atomic mass is 35.5. The van der Waals surface area contributed by atoms with Crippen LogP contribution < -0.4 is 27.7 Å². The molecule has 3 aromatic rings. The van der Waals surface area contributed by atoms with E-state index in [1.54, 1.807) is 30.3 Å². The Morgan fingerprint density at radius 2 is 1.81 bits per heavy atom. The second kappa shape index (κ2) is 13.3. The van der Waals surface area contributed by atoms with Crippen molar-refractivity contribution in [1.29, 1.82) is 0 Å². The van der Waals surface area contributed by atoms with Crippen molar-refractivity contribution < 1.29 is 9.18 Å². The molecule has 3 rings (SSSR count). The van der Waals surface area contributed by atoms with Crippen LogP contribution in [0.3, 0.4) is 0 Å². The van der Waals surface area contributed by atoms with Gasteiger partial charge in [-0.2, -0.15) is 0 Å². The molecule has 0 unspecified atom stereocenters. The van der Waals surface area contributed by atoms with E-state index < -0.39 is 17.4 Å². The molecule has 9 nitrogen and oxygen atoms in total. The molecule has 0 bridgehead atoms. The molecule has 0 spiro atoms. The molecular formula is C24H28Cl2FN7O2. The van der Waals surface area contributed by atoms with Crippen molar-refractivity contribution in [3.05, 3.63) is 74.4 Å². The zero-order valence-corrected chi connectivity index (χ0v) is 21.0. The Morgan fingerprint density at radius 3 is 2.44 bits per heavy atom. The number of carbonyl (C=O) groups is 1. The maximum Gasteiger partial charge on any atom is 0.326 e. The van der Waals surface area contributed by atoms with Crippen LogP contribution in [0.1, 0.15) is 18.4 Å². The summed E-state index contributed by atoms with van der Waals surface area (Å²) in [4.78, 5) is 33.5. The second-order valence-electron chi connectivity index (χ2n) is 8.02. The number of benzene rings is 2. The number of aromatic amines is 1. The van der Waals surface area contributed by atoms with Crippen molar-refractivity contribution in [3.8, 4) is 11.1 Å². The van der Waals surface area contributed by atoms with Crippen molar-refractivity contribution in [2.45, 2.75) is 19.4 Å². The quantitative estimate of drug-likeness (QED) is 0.251. The fourth-order valence-corrected chi connectivity index (χ4v) is 3.86. The summed E-state index contributed by atoms with van der Waals surface area (Å²) in [6.45, 7) is 3.00. The highest BCUT2D eigenvalue weighted by Gasteiger charge is 2.14. The molecule has 0 atom stereocenters. The largest absolute Gasteiger partial charge is 0.330 e. The maximum atomic E-state index is 14.9. The van der Waals surface area contributed by atoms with Crippen LogP contribution in [0.15, 0.2) is 47.4 Å². The van der Waals surface area contributed by atoms with Gasteiger partial charge >= 0.3 is 6.03 Å². The van der Waals surface area contributed by atoms with Gasteiger partial charge in [-0.25, -0.2) is 14.2 Å². The van der Waals surface area contributed by atoms with E-state index in [4.69, 9.17) is 34.7 Å². The van der Waals surface area contributed by atoms with Crippen LogP contribution in [-0.2, 0) is 6.54 Å². The lowest BCUT2D eigenvalue weighted by molar-refractivity contribution is 0.258. The number of hydrogen-bond donors (Lipinski definition) is 5. The van der Waals surface area contributed by atoms with Gasteiger partial charge in [0.05, 0.1) is 21.3 Å². The Kier molecular flexibility index (Phi) is 10.2. The molecule has 2 aromatic carbocycles. The Morgan fingerprint density at radius 1 is 1.08 bits per heavy atom. The van der Waals surface area contributed by atoms with E-state index in [9.17, 15) is 14.0 Å². The van der Waals surface area contributed by atoms with Gasteiger partial charge in [0.15, 0.2) is 0 Å². The fourth-order valence-electron chi connectivity index (χ4n) is 3.51. The maximum absolute atomic E-state index is 14.9. The molecule has 0 aliphatic carbocycles. The minimum Gasteiger partial charge on any atom is -0.330 e. The molecule has 192 valence electrons. The van der Waals surface area contributed by atoms with Gasteiger partial charge in [-0.15, -0.1) is 0 Å². The molecule has 7 N–H and O–H groups in total. The predicted octanol–water partition coefficient (Wildman–Crippen LogP) is 4.03. The van der Waals surface area contributed by atoms with E-state index in [2.05, 4.69) is 25.5 Å². The molecule has 12 heteroatoms. The lowest BCUT2D eigenvalue weighted by Crippen LogP contribution is -2.28. The monoisotopic (exact) mass is 535 g/mol. The first-order chi connectivity index (χ1) is 17.3. The first kappa shape index (κ1) is 27.6. The van der Waals surface area contributed by atoms with Gasteiger partial charge in [-0.05, 0) is 62.8 Å². The number of urea groups is 1. The first-order valence-corrected chi connectivity index (χ1v) is 12.1. The number of aromatic nitrogens is 2. The van der Waals surface area contributed by atoms with Crippen LogP contribution in [0.2, 0.25) is 10.0 Å². The minimum atomic E-state index is -0.681. The SMILES string of the molecule is NCCCN(CCCN)Cc1ccc(-c2cnc(NC(=O)Nc3cccc(Cl)c3Cl)[nH]c2=O)cc1F. The molecule has 36 heavy (non-hydrogen) atoms. The summed E-state index contributed by atoms with van der Waals surface area (Å²) in [6.07, 6.45) is 2.87. The van der Waals surface area contributed by atoms with Crippen LogP contribution in [0.25, 0.3) is 11.1 Å². The summed E-state index contributed by atoms with van der Waals surface area (Å²) in [5, 5.41) is 5.40. The highest BCUT2D eigenvalue weighted by Crippen LogP contribution is 2.29. The molecule has 0 fully saturated rings. The van der Waals surface area contributed by atoms with Crippen molar-refractivity contribution in [3.63, 3.8) is 0 Å². The number of amides is 2. The molecule has 0 aliphatic heterocycles. The number of rotatable bonds is 11. The van der Waals surface area contributed by atoms with Gasteiger partial charge in [0.25, 0.3) is 5.56 Å². The third-order valence-electron chi connectivity index (χ3n) is 5.35. The molecule has 1 aromatic heterocycles. The highest BCUT2D eigenvalue weighted by molar-refractivity contribution is 6.44. The van der Waals surface area contributed by atoms with Gasteiger partial charge < -0.3 is 16.8 Å². The molecule has 0 saturated carbocycles. The summed E-state index contributed by atoms with van der Waals surface area (Å²) >= 11 is 12.0. The Labute approximate surface area is 218 Å². The number of nitrogens with zero attached hydrogens (tertiary/aromatic N) is 2. The summed E-state index contributed by atoms with van der Waals surface area (Å²) < 4.78 is 14.9. The Balaban J connectivity index is 1.70. The van der Waals surface area contributed by atoms with Gasteiger partial charge in [-0.3, -0.25) is 20.0 Å². The molecule has 2 amide bonds. The van der Waals surface area contributed by atoms with Crippen LogP contribution in [-0.4, -0.2) is 47.1 Å². The lowest BCUT2D eigenvalue weighted by Gasteiger charge is -2.22. The molecule has 1 heterocycles. The van der Waals surface area contributed by atoms with Crippen molar-refractivity contribution in [2.24, 2.45) is 11.5 Å². The number of H-pyrrole nitrogens is 1. The summed E-state index contributed by atoms with van der Waals surface area (Å²) in [5.74, 6) is -0.524. The van der Waals surface area contributed by atoms with Gasteiger partial charge in [-0.1, -0.05) is 41.4 Å². The van der Waals surface area contributed by atoms with Crippen molar-refractivity contribution in [2.75, 3.05) is 36.8 Å². The van der Waals surface area contributed by atoms with E-state index in [0.29, 0.717) is 36.4 Å². The Hall–Kier alpha value is -3.02. The first-order valence-electron chi connectivity index (χ1n) is 11.3. The number of carbonyl (C=O) groups excluding carboxylic acids is 1. The zero-order chi connectivity index (χ0) is 26.1. The average molecular weight is 536 g/mol. The summed E-state index contributed by atoms with van der Waals surface area (Å²) in [6, 6.07) is 8.71. The molecular weight excluding hydrogens is 508 g/mol. The minimum absolute atomic E-state index is 0.0908. The van der Waals surface area contributed by atoms with E-state index >= 15 is 0 Å². The van der Waals surface area contributed by atoms with Crippen molar-refractivity contribution >= 4 is 40.9 Å². The number of nitrogens with two attached hydrogens (primary N) is 2. The van der Waals surface area contributed by atoms with Crippen LogP contribution >= 0.6 is 23.2 Å². The van der Waals surface area contributed by atoms with Gasteiger partial charge in [0.1, 0.15) is 5.82 Å². The number of anilines is 2. The summed E-state index contributed by atoms with van der Waals surface area (Å²) in [7, 11) is 0. The third kappa shape index (κ3) is 7.49. The second-order valence-corrected chi connectivity index (χ2v) is 8.81. The van der Waals surface area contributed by atoms with Gasteiger partial charge in [0.2, 0.25) is 5.95 Å². The van der Waals surface area contributed by atoms with E-state index in [1.807, 2.05) is 0 Å². The van der Waals surface area contributed by atoms with E-state index in [0.717, 1.165) is 25.9 Å². The zero-order valence-electron chi connectivity index (χ0n) is 19.5. The van der Waals surface area contributed by atoms with E-state index in [-0.39, 0.29) is 21.6 Å². The number of halogens is 3.